The van der Waals surface area contributed by atoms with Gasteiger partial charge in [0.05, 0.1) is 12.4 Å². The number of rotatable bonds is 6. The van der Waals surface area contributed by atoms with Crippen LogP contribution in [-0.4, -0.2) is 43.2 Å². The van der Waals surface area contributed by atoms with E-state index in [1.54, 1.807) is 0 Å². The number of nitrogens with zero attached hydrogens (tertiary/aromatic N) is 4. The number of hydrogen-bond donors (Lipinski definition) is 0. The minimum atomic E-state index is 0.618. The van der Waals surface area contributed by atoms with Crippen LogP contribution in [-0.2, 0) is 0 Å². The molecule has 0 bridgehead atoms. The van der Waals surface area contributed by atoms with Crippen LogP contribution in [0.4, 0.5) is 0 Å². The van der Waals surface area contributed by atoms with Crippen molar-refractivity contribution in [1.82, 2.24) is 10.0 Å². The van der Waals surface area contributed by atoms with Crippen molar-refractivity contribution in [2.45, 2.75) is 0 Å². The van der Waals surface area contributed by atoms with Crippen LogP contribution in [0.2, 0.25) is 0 Å². The molecule has 21 heavy (non-hydrogen) atoms. The topological polar surface area (TPSA) is 31.2 Å². The molecule has 0 aromatic heterocycles. The monoisotopic (exact) mass is 280 g/mol. The Balaban J connectivity index is 1.83. The predicted molar refractivity (Wildman–Crippen MR) is 88.5 cm³/mol. The summed E-state index contributed by atoms with van der Waals surface area (Å²) in [7, 11) is 3.85. The molecule has 0 amide bonds. The molecule has 2 aromatic carbocycles. The highest BCUT2D eigenvalue weighted by atomic mass is 15.6. The van der Waals surface area contributed by atoms with Gasteiger partial charge in [-0.05, 0) is 11.1 Å². The standard InChI is InChI=1S/C17H20N4/c1-20(18-13-16-9-5-3-6-10-16)15-21(2)19-14-17-11-7-4-8-12-17/h3-14H,15H2,1-2H3. The van der Waals surface area contributed by atoms with Crippen molar-refractivity contribution in [1.29, 1.82) is 0 Å². The molecule has 4 heteroatoms. The van der Waals surface area contributed by atoms with E-state index in [2.05, 4.69) is 10.2 Å². The van der Waals surface area contributed by atoms with Gasteiger partial charge in [-0.25, -0.2) is 0 Å². The summed E-state index contributed by atoms with van der Waals surface area (Å²) < 4.78 is 0. The summed E-state index contributed by atoms with van der Waals surface area (Å²) in [5, 5.41) is 12.4. The zero-order valence-electron chi connectivity index (χ0n) is 12.4. The highest BCUT2D eigenvalue weighted by Crippen LogP contribution is 1.97. The number of benzene rings is 2. The van der Waals surface area contributed by atoms with Crippen LogP contribution in [0, 0.1) is 0 Å². The highest BCUT2D eigenvalue weighted by molar-refractivity contribution is 5.79. The Bertz CT molecular complexity index is 525. The second-order valence-electron chi connectivity index (χ2n) is 4.77. The Morgan fingerprint density at radius 2 is 1.10 bits per heavy atom. The molecule has 0 aliphatic rings. The average molecular weight is 280 g/mol. The van der Waals surface area contributed by atoms with Gasteiger partial charge in [0.25, 0.3) is 0 Å². The van der Waals surface area contributed by atoms with Crippen LogP contribution in [0.3, 0.4) is 0 Å². The zero-order valence-corrected chi connectivity index (χ0v) is 12.4. The van der Waals surface area contributed by atoms with E-state index in [1.807, 2.05) is 97.2 Å². The van der Waals surface area contributed by atoms with Crippen molar-refractivity contribution in [2.75, 3.05) is 20.8 Å². The molecular weight excluding hydrogens is 260 g/mol. The van der Waals surface area contributed by atoms with Gasteiger partial charge in [0, 0.05) is 14.1 Å². The molecule has 2 rings (SSSR count). The third-order valence-corrected chi connectivity index (χ3v) is 2.82. The summed E-state index contributed by atoms with van der Waals surface area (Å²) in [5.74, 6) is 0. The Morgan fingerprint density at radius 3 is 1.48 bits per heavy atom. The quantitative estimate of drug-likeness (QED) is 0.463. The van der Waals surface area contributed by atoms with Crippen LogP contribution in [0.1, 0.15) is 11.1 Å². The zero-order chi connectivity index (χ0) is 14.9. The largest absolute Gasteiger partial charge is 0.279 e. The molecule has 0 radical (unpaired) electrons. The molecule has 0 unspecified atom stereocenters. The van der Waals surface area contributed by atoms with Gasteiger partial charge in [-0.2, -0.15) is 10.2 Å². The summed E-state index contributed by atoms with van der Waals surface area (Å²) in [6, 6.07) is 20.1. The maximum atomic E-state index is 4.38. The predicted octanol–water partition coefficient (Wildman–Crippen LogP) is 2.88. The van der Waals surface area contributed by atoms with Crippen molar-refractivity contribution in [3.63, 3.8) is 0 Å². The molecule has 0 aliphatic heterocycles. The first-order valence-electron chi connectivity index (χ1n) is 6.84. The van der Waals surface area contributed by atoms with E-state index in [9.17, 15) is 0 Å². The van der Waals surface area contributed by atoms with E-state index in [-0.39, 0.29) is 0 Å². The maximum absolute atomic E-state index is 4.38. The van der Waals surface area contributed by atoms with Crippen molar-refractivity contribution in [2.24, 2.45) is 10.2 Å². The minimum absolute atomic E-state index is 0.618. The SMILES string of the molecule is CN(CN(C)N=Cc1ccccc1)N=Cc1ccccc1. The second kappa shape index (κ2) is 7.85. The van der Waals surface area contributed by atoms with E-state index in [4.69, 9.17) is 0 Å². The average Bonchev–Trinajstić information content (AvgIpc) is 2.53. The number of hydrazone groups is 2. The molecule has 0 saturated heterocycles. The fourth-order valence-corrected chi connectivity index (χ4v) is 1.78. The lowest BCUT2D eigenvalue weighted by Gasteiger charge is -2.19. The van der Waals surface area contributed by atoms with Crippen molar-refractivity contribution < 1.29 is 0 Å². The fourth-order valence-electron chi connectivity index (χ4n) is 1.78. The maximum Gasteiger partial charge on any atom is 0.122 e. The van der Waals surface area contributed by atoms with Crippen molar-refractivity contribution >= 4 is 12.4 Å². The van der Waals surface area contributed by atoms with E-state index < -0.39 is 0 Å². The fraction of sp³-hybridized carbons (Fsp3) is 0.176. The molecule has 108 valence electrons. The Hall–Kier alpha value is -2.62. The van der Waals surface area contributed by atoms with Crippen LogP contribution < -0.4 is 0 Å². The third-order valence-electron chi connectivity index (χ3n) is 2.82. The summed E-state index contributed by atoms with van der Waals surface area (Å²) in [6.07, 6.45) is 3.68. The highest BCUT2D eigenvalue weighted by Gasteiger charge is 1.96. The Labute approximate surface area is 126 Å². The summed E-state index contributed by atoms with van der Waals surface area (Å²) in [6.45, 7) is 0.618. The molecule has 0 atom stereocenters. The van der Waals surface area contributed by atoms with Gasteiger partial charge in [0.1, 0.15) is 6.67 Å². The van der Waals surface area contributed by atoms with E-state index in [0.29, 0.717) is 6.67 Å². The summed E-state index contributed by atoms with van der Waals surface area (Å²) in [4.78, 5) is 0. The van der Waals surface area contributed by atoms with Gasteiger partial charge in [0.15, 0.2) is 0 Å². The van der Waals surface area contributed by atoms with E-state index in [0.717, 1.165) is 11.1 Å². The van der Waals surface area contributed by atoms with Crippen LogP contribution >= 0.6 is 0 Å². The molecule has 4 nitrogen and oxygen atoms in total. The van der Waals surface area contributed by atoms with Crippen LogP contribution in [0.25, 0.3) is 0 Å². The second-order valence-corrected chi connectivity index (χ2v) is 4.77. The van der Waals surface area contributed by atoms with Gasteiger partial charge in [-0.3, -0.25) is 10.0 Å². The lowest BCUT2D eigenvalue weighted by Crippen LogP contribution is -2.26. The first kappa shape index (κ1) is 14.8. The summed E-state index contributed by atoms with van der Waals surface area (Å²) >= 11 is 0. The van der Waals surface area contributed by atoms with Gasteiger partial charge in [-0.15, -0.1) is 0 Å². The molecule has 0 spiro atoms. The molecule has 2 aromatic rings. The van der Waals surface area contributed by atoms with Gasteiger partial charge >= 0.3 is 0 Å². The summed E-state index contributed by atoms with van der Waals surface area (Å²) in [5.41, 5.74) is 2.17. The van der Waals surface area contributed by atoms with Crippen LogP contribution in [0.5, 0.6) is 0 Å². The van der Waals surface area contributed by atoms with E-state index in [1.165, 1.54) is 0 Å². The van der Waals surface area contributed by atoms with Gasteiger partial charge < -0.3 is 0 Å². The normalized spacial score (nSPS) is 11.1. The molecule has 0 fully saturated rings. The molecular formula is C17H20N4. The third kappa shape index (κ3) is 5.48. The van der Waals surface area contributed by atoms with Gasteiger partial charge in [0.2, 0.25) is 0 Å². The minimum Gasteiger partial charge on any atom is -0.279 e. The lowest BCUT2D eigenvalue weighted by molar-refractivity contribution is 0.196. The molecule has 0 N–H and O–H groups in total. The molecule has 0 heterocycles. The van der Waals surface area contributed by atoms with E-state index >= 15 is 0 Å². The molecule has 0 saturated carbocycles. The lowest BCUT2D eigenvalue weighted by atomic mass is 10.2. The Morgan fingerprint density at radius 1 is 0.714 bits per heavy atom. The van der Waals surface area contributed by atoms with Crippen molar-refractivity contribution in [3.8, 4) is 0 Å². The first-order valence-corrected chi connectivity index (χ1v) is 6.84. The number of hydrogen-bond acceptors (Lipinski definition) is 4. The van der Waals surface area contributed by atoms with Crippen molar-refractivity contribution in [3.05, 3.63) is 71.8 Å². The van der Waals surface area contributed by atoms with Crippen LogP contribution in [0.15, 0.2) is 70.9 Å². The Kier molecular flexibility index (Phi) is 5.52. The van der Waals surface area contributed by atoms with Gasteiger partial charge in [-0.1, -0.05) is 60.7 Å². The smallest absolute Gasteiger partial charge is 0.122 e. The molecule has 0 aliphatic carbocycles. The first-order chi connectivity index (χ1) is 10.2.